The maximum Gasteiger partial charge on any atom is 0.335 e. The third-order valence-electron chi connectivity index (χ3n) is 3.36. The molecule has 1 fully saturated rings. The van der Waals surface area contributed by atoms with E-state index in [0.29, 0.717) is 12.1 Å². The van der Waals surface area contributed by atoms with Crippen molar-refractivity contribution in [2.75, 3.05) is 6.54 Å². The molecule has 2 N–H and O–H groups in total. The summed E-state index contributed by atoms with van der Waals surface area (Å²) in [7, 11) is 0. The van der Waals surface area contributed by atoms with Crippen LogP contribution in [0.1, 0.15) is 36.0 Å². The van der Waals surface area contributed by atoms with Gasteiger partial charge in [-0.1, -0.05) is 12.8 Å². The molecule has 2 rings (SSSR count). The van der Waals surface area contributed by atoms with E-state index in [2.05, 4.69) is 9.73 Å². The van der Waals surface area contributed by atoms with Gasteiger partial charge in [0.1, 0.15) is 6.26 Å². The SMILES string of the molecule is O=C(NCC1CCCCC1O)c1ccc(=O)oc1. The Bertz CT molecular complexity index is 448. The van der Waals surface area contributed by atoms with Crippen molar-refractivity contribution < 1.29 is 14.3 Å². The molecule has 1 aromatic heterocycles. The van der Waals surface area contributed by atoms with Crippen molar-refractivity contribution in [2.45, 2.75) is 31.8 Å². The molecule has 18 heavy (non-hydrogen) atoms. The first kappa shape index (κ1) is 12.8. The van der Waals surface area contributed by atoms with Gasteiger partial charge in [0.05, 0.1) is 11.7 Å². The van der Waals surface area contributed by atoms with Crippen LogP contribution in [0, 0.1) is 5.92 Å². The molecule has 1 aliphatic carbocycles. The van der Waals surface area contributed by atoms with Crippen molar-refractivity contribution in [3.05, 3.63) is 34.4 Å². The third kappa shape index (κ3) is 3.20. The van der Waals surface area contributed by atoms with E-state index in [4.69, 9.17) is 0 Å². The van der Waals surface area contributed by atoms with Crippen LogP contribution in [0.4, 0.5) is 0 Å². The lowest BCUT2D eigenvalue weighted by Gasteiger charge is -2.27. The molecule has 0 saturated heterocycles. The van der Waals surface area contributed by atoms with E-state index in [1.165, 1.54) is 12.1 Å². The lowest BCUT2D eigenvalue weighted by atomic mass is 9.86. The van der Waals surface area contributed by atoms with Crippen LogP contribution in [-0.4, -0.2) is 23.7 Å². The normalized spacial score (nSPS) is 23.6. The molecule has 0 aliphatic heterocycles. The molecule has 0 radical (unpaired) electrons. The topological polar surface area (TPSA) is 79.5 Å². The second kappa shape index (κ2) is 5.82. The summed E-state index contributed by atoms with van der Waals surface area (Å²) in [5.41, 5.74) is -0.158. The molecule has 2 atom stereocenters. The van der Waals surface area contributed by atoms with Crippen LogP contribution >= 0.6 is 0 Å². The average Bonchev–Trinajstić information content (AvgIpc) is 2.38. The summed E-state index contributed by atoms with van der Waals surface area (Å²) in [4.78, 5) is 22.5. The zero-order valence-electron chi connectivity index (χ0n) is 10.1. The van der Waals surface area contributed by atoms with Gasteiger partial charge in [-0.2, -0.15) is 0 Å². The average molecular weight is 251 g/mol. The molecule has 1 aliphatic rings. The maximum atomic E-state index is 11.8. The Hall–Kier alpha value is -1.62. The number of hydrogen-bond donors (Lipinski definition) is 2. The molecule has 0 spiro atoms. The molecule has 5 heteroatoms. The zero-order valence-corrected chi connectivity index (χ0v) is 10.1. The smallest absolute Gasteiger partial charge is 0.335 e. The summed E-state index contributed by atoms with van der Waals surface area (Å²) in [5.74, 6) is -0.157. The lowest BCUT2D eigenvalue weighted by Crippen LogP contribution is -2.36. The van der Waals surface area contributed by atoms with E-state index in [-0.39, 0.29) is 17.9 Å². The highest BCUT2D eigenvalue weighted by atomic mass is 16.4. The van der Waals surface area contributed by atoms with Gasteiger partial charge in [-0.15, -0.1) is 0 Å². The van der Waals surface area contributed by atoms with Crippen LogP contribution in [0.5, 0.6) is 0 Å². The molecule has 1 saturated carbocycles. The van der Waals surface area contributed by atoms with E-state index in [9.17, 15) is 14.7 Å². The molecule has 5 nitrogen and oxygen atoms in total. The quantitative estimate of drug-likeness (QED) is 0.837. The molecular weight excluding hydrogens is 234 g/mol. The van der Waals surface area contributed by atoms with Crippen molar-refractivity contribution in [2.24, 2.45) is 5.92 Å². The minimum atomic E-state index is -0.478. The van der Waals surface area contributed by atoms with E-state index in [0.717, 1.165) is 31.9 Å². The number of rotatable bonds is 3. The molecular formula is C13H17NO4. The standard InChI is InChI=1S/C13H17NO4/c15-11-4-2-1-3-9(11)7-14-13(17)10-5-6-12(16)18-8-10/h5-6,8-9,11,15H,1-4,7H2,(H,14,17). The molecule has 0 aromatic carbocycles. The van der Waals surface area contributed by atoms with Crippen LogP contribution < -0.4 is 10.9 Å². The molecule has 1 heterocycles. The van der Waals surface area contributed by atoms with Crippen molar-refractivity contribution in [3.63, 3.8) is 0 Å². The summed E-state index contributed by atoms with van der Waals surface area (Å²) in [6, 6.07) is 2.64. The van der Waals surface area contributed by atoms with Gasteiger partial charge in [-0.05, 0) is 18.9 Å². The monoisotopic (exact) mass is 251 g/mol. The first-order chi connectivity index (χ1) is 8.66. The predicted octanol–water partition coefficient (Wildman–Crippen LogP) is 0.921. The Balaban J connectivity index is 1.87. The molecule has 2 unspecified atom stereocenters. The minimum absolute atomic E-state index is 0.124. The third-order valence-corrected chi connectivity index (χ3v) is 3.36. The Morgan fingerprint density at radius 1 is 1.39 bits per heavy atom. The Labute approximate surface area is 105 Å². The minimum Gasteiger partial charge on any atom is -0.430 e. The largest absolute Gasteiger partial charge is 0.430 e. The number of hydrogen-bond acceptors (Lipinski definition) is 4. The number of carbonyl (C=O) groups excluding carboxylic acids is 1. The predicted molar refractivity (Wildman–Crippen MR) is 65.3 cm³/mol. The number of carbonyl (C=O) groups is 1. The summed E-state index contributed by atoms with van der Waals surface area (Å²) in [6.45, 7) is 0.457. The van der Waals surface area contributed by atoms with Crippen LogP contribution in [0.3, 0.4) is 0 Å². The van der Waals surface area contributed by atoms with E-state index in [1.54, 1.807) is 0 Å². The van der Waals surface area contributed by atoms with Crippen molar-refractivity contribution in [3.8, 4) is 0 Å². The lowest BCUT2D eigenvalue weighted by molar-refractivity contribution is 0.0662. The van der Waals surface area contributed by atoms with E-state index >= 15 is 0 Å². The number of aliphatic hydroxyl groups excluding tert-OH is 1. The highest BCUT2D eigenvalue weighted by molar-refractivity contribution is 5.93. The maximum absolute atomic E-state index is 11.8. The second-order valence-corrected chi connectivity index (χ2v) is 4.67. The first-order valence-corrected chi connectivity index (χ1v) is 6.22. The summed E-state index contributed by atoms with van der Waals surface area (Å²) < 4.78 is 4.63. The number of nitrogens with one attached hydrogen (secondary N) is 1. The van der Waals surface area contributed by atoms with Crippen LogP contribution in [-0.2, 0) is 0 Å². The Morgan fingerprint density at radius 2 is 2.17 bits per heavy atom. The van der Waals surface area contributed by atoms with Gasteiger partial charge in [0.15, 0.2) is 0 Å². The fourth-order valence-electron chi connectivity index (χ4n) is 2.24. The number of amides is 1. The van der Waals surface area contributed by atoms with Crippen LogP contribution in [0.25, 0.3) is 0 Å². The number of aliphatic hydroxyl groups is 1. The van der Waals surface area contributed by atoms with Crippen molar-refractivity contribution in [1.82, 2.24) is 5.32 Å². The Morgan fingerprint density at radius 3 is 2.83 bits per heavy atom. The van der Waals surface area contributed by atoms with Crippen molar-refractivity contribution in [1.29, 1.82) is 0 Å². The fourth-order valence-corrected chi connectivity index (χ4v) is 2.24. The molecule has 0 bridgehead atoms. The van der Waals surface area contributed by atoms with Gasteiger partial charge in [0.2, 0.25) is 0 Å². The first-order valence-electron chi connectivity index (χ1n) is 6.22. The van der Waals surface area contributed by atoms with Crippen LogP contribution in [0.2, 0.25) is 0 Å². The van der Waals surface area contributed by atoms with Gasteiger partial charge in [-0.25, -0.2) is 4.79 Å². The van der Waals surface area contributed by atoms with Crippen molar-refractivity contribution >= 4 is 5.91 Å². The van der Waals surface area contributed by atoms with Gasteiger partial charge in [0, 0.05) is 18.5 Å². The fraction of sp³-hybridized carbons (Fsp3) is 0.538. The van der Waals surface area contributed by atoms with Gasteiger partial charge >= 0.3 is 5.63 Å². The van der Waals surface area contributed by atoms with Gasteiger partial charge in [-0.3, -0.25) is 4.79 Å². The van der Waals surface area contributed by atoms with Crippen LogP contribution in [0.15, 0.2) is 27.6 Å². The molecule has 1 aromatic rings. The van der Waals surface area contributed by atoms with Gasteiger partial charge in [0.25, 0.3) is 5.91 Å². The summed E-state index contributed by atoms with van der Waals surface area (Å²) in [6.07, 6.45) is 4.71. The zero-order chi connectivity index (χ0) is 13.0. The highest BCUT2D eigenvalue weighted by Crippen LogP contribution is 2.23. The highest BCUT2D eigenvalue weighted by Gasteiger charge is 2.23. The second-order valence-electron chi connectivity index (χ2n) is 4.67. The summed E-state index contributed by atoms with van der Waals surface area (Å²) >= 11 is 0. The summed E-state index contributed by atoms with van der Waals surface area (Å²) in [5, 5.41) is 12.5. The van der Waals surface area contributed by atoms with E-state index in [1.807, 2.05) is 0 Å². The van der Waals surface area contributed by atoms with Gasteiger partial charge < -0.3 is 14.8 Å². The molecule has 1 amide bonds. The molecule has 98 valence electrons. The Kier molecular flexibility index (Phi) is 4.15. The van der Waals surface area contributed by atoms with E-state index < -0.39 is 5.63 Å².